The molecule has 23 heavy (non-hydrogen) atoms. The van der Waals surface area contributed by atoms with E-state index in [0.717, 1.165) is 11.1 Å². The molecule has 0 atom stereocenters. The van der Waals surface area contributed by atoms with Crippen molar-refractivity contribution in [1.82, 2.24) is 4.98 Å². The van der Waals surface area contributed by atoms with Crippen LogP contribution in [0, 0.1) is 5.82 Å². The summed E-state index contributed by atoms with van der Waals surface area (Å²) in [7, 11) is 0. The monoisotopic (exact) mass is 309 g/mol. The normalized spacial score (nSPS) is 10.3. The van der Waals surface area contributed by atoms with Crippen LogP contribution in [-0.2, 0) is 0 Å². The van der Waals surface area contributed by atoms with E-state index in [2.05, 4.69) is 4.98 Å². The van der Waals surface area contributed by atoms with Crippen molar-refractivity contribution in [3.8, 4) is 22.6 Å². The summed E-state index contributed by atoms with van der Waals surface area (Å²) in [5, 5.41) is 8.97. The number of ether oxygens (including phenoxy) is 1. The van der Waals surface area contributed by atoms with Crippen molar-refractivity contribution in [3.63, 3.8) is 0 Å². The largest absolute Gasteiger partial charge is 0.477 e. The van der Waals surface area contributed by atoms with Crippen LogP contribution >= 0.6 is 0 Å². The van der Waals surface area contributed by atoms with Crippen molar-refractivity contribution >= 4 is 5.97 Å². The van der Waals surface area contributed by atoms with Crippen LogP contribution in [-0.4, -0.2) is 16.1 Å². The van der Waals surface area contributed by atoms with Crippen LogP contribution in [0.3, 0.4) is 0 Å². The van der Waals surface area contributed by atoms with Crippen molar-refractivity contribution in [2.75, 3.05) is 0 Å². The minimum absolute atomic E-state index is 0.00543. The van der Waals surface area contributed by atoms with Crippen molar-refractivity contribution in [3.05, 3.63) is 78.4 Å². The highest BCUT2D eigenvalue weighted by Crippen LogP contribution is 2.26. The Kier molecular flexibility index (Phi) is 4.01. The van der Waals surface area contributed by atoms with Gasteiger partial charge in [0, 0.05) is 6.20 Å². The first-order valence-electron chi connectivity index (χ1n) is 6.85. The lowest BCUT2D eigenvalue weighted by atomic mass is 10.1. The van der Waals surface area contributed by atoms with Gasteiger partial charge in [-0.25, -0.2) is 14.2 Å². The summed E-state index contributed by atoms with van der Waals surface area (Å²) in [5.41, 5.74) is 1.60. The van der Waals surface area contributed by atoms with Gasteiger partial charge >= 0.3 is 5.97 Å². The van der Waals surface area contributed by atoms with Crippen molar-refractivity contribution in [2.24, 2.45) is 0 Å². The number of hydrogen-bond acceptors (Lipinski definition) is 3. The Morgan fingerprint density at radius 2 is 1.52 bits per heavy atom. The molecule has 1 N–H and O–H groups in total. The minimum Gasteiger partial charge on any atom is -0.477 e. The van der Waals surface area contributed by atoms with E-state index in [0.29, 0.717) is 11.5 Å². The molecule has 3 rings (SSSR count). The van der Waals surface area contributed by atoms with E-state index in [1.807, 2.05) is 12.1 Å². The van der Waals surface area contributed by atoms with E-state index in [1.165, 1.54) is 24.4 Å². The Morgan fingerprint density at radius 1 is 0.913 bits per heavy atom. The molecule has 5 heteroatoms. The first-order chi connectivity index (χ1) is 11.1. The second-order valence-electron chi connectivity index (χ2n) is 4.82. The third-order valence-electron chi connectivity index (χ3n) is 3.22. The highest BCUT2D eigenvalue weighted by Gasteiger charge is 2.06. The van der Waals surface area contributed by atoms with Gasteiger partial charge in [-0.3, -0.25) is 0 Å². The molecule has 0 aliphatic rings. The predicted octanol–water partition coefficient (Wildman–Crippen LogP) is 4.38. The number of benzene rings is 2. The number of hydrogen-bond donors (Lipinski definition) is 1. The van der Waals surface area contributed by atoms with Gasteiger partial charge in [0.1, 0.15) is 23.0 Å². The first kappa shape index (κ1) is 14.7. The molecule has 0 spiro atoms. The number of pyridine rings is 1. The van der Waals surface area contributed by atoms with Crippen LogP contribution in [0.4, 0.5) is 4.39 Å². The smallest absolute Gasteiger partial charge is 0.354 e. The van der Waals surface area contributed by atoms with Gasteiger partial charge in [0.2, 0.25) is 0 Å². The zero-order chi connectivity index (χ0) is 16.2. The molecule has 0 aliphatic heterocycles. The first-order valence-corrected chi connectivity index (χ1v) is 6.85. The molecule has 2 aromatic carbocycles. The Hall–Kier alpha value is -3.21. The van der Waals surface area contributed by atoms with Crippen molar-refractivity contribution in [2.45, 2.75) is 0 Å². The SMILES string of the molecule is O=C(O)c1cc(-c2ccc(Oc3ccc(F)cc3)cc2)ccn1. The standard InChI is InChI=1S/C18H12FNO3/c19-14-3-7-16(8-4-14)23-15-5-1-12(2-6-15)13-9-10-20-17(11-13)18(21)22/h1-11H,(H,21,22). The topological polar surface area (TPSA) is 59.4 Å². The summed E-state index contributed by atoms with van der Waals surface area (Å²) in [4.78, 5) is 14.7. The van der Waals surface area contributed by atoms with Crippen LogP contribution in [0.2, 0.25) is 0 Å². The molecule has 4 nitrogen and oxygen atoms in total. The second kappa shape index (κ2) is 6.27. The van der Waals surface area contributed by atoms with Gasteiger partial charge in [-0.1, -0.05) is 12.1 Å². The number of nitrogens with zero attached hydrogens (tertiary/aromatic N) is 1. The number of aromatic carboxylic acids is 1. The maximum absolute atomic E-state index is 12.9. The molecule has 0 fully saturated rings. The zero-order valence-electron chi connectivity index (χ0n) is 11.9. The van der Waals surface area contributed by atoms with E-state index in [9.17, 15) is 9.18 Å². The highest BCUT2D eigenvalue weighted by atomic mass is 19.1. The average molecular weight is 309 g/mol. The molecule has 1 aromatic heterocycles. The van der Waals surface area contributed by atoms with Crippen LogP contribution in [0.5, 0.6) is 11.5 Å². The van der Waals surface area contributed by atoms with Crippen LogP contribution in [0.1, 0.15) is 10.5 Å². The number of aromatic nitrogens is 1. The summed E-state index contributed by atoms with van der Waals surface area (Å²) in [6.07, 6.45) is 1.46. The molecule has 0 bridgehead atoms. The fourth-order valence-electron chi connectivity index (χ4n) is 2.08. The third-order valence-corrected chi connectivity index (χ3v) is 3.22. The number of carboxylic acids is 1. The molecule has 0 unspecified atom stereocenters. The average Bonchev–Trinajstić information content (AvgIpc) is 2.58. The van der Waals surface area contributed by atoms with Crippen molar-refractivity contribution in [1.29, 1.82) is 0 Å². The molecular weight excluding hydrogens is 297 g/mol. The minimum atomic E-state index is -1.07. The molecule has 3 aromatic rings. The fourth-order valence-corrected chi connectivity index (χ4v) is 2.08. The number of halogens is 1. The summed E-state index contributed by atoms with van der Waals surface area (Å²) >= 11 is 0. The molecule has 0 saturated carbocycles. The second-order valence-corrected chi connectivity index (χ2v) is 4.82. The van der Waals surface area contributed by atoms with Gasteiger partial charge in [0.05, 0.1) is 0 Å². The number of rotatable bonds is 4. The Labute approximate surface area is 131 Å². The molecular formula is C18H12FNO3. The lowest BCUT2D eigenvalue weighted by molar-refractivity contribution is 0.0690. The van der Waals surface area contributed by atoms with Gasteiger partial charge in [-0.15, -0.1) is 0 Å². The zero-order valence-corrected chi connectivity index (χ0v) is 11.9. The molecule has 0 aliphatic carbocycles. The summed E-state index contributed by atoms with van der Waals surface area (Å²) in [6, 6.07) is 16.2. The van der Waals surface area contributed by atoms with Crippen LogP contribution in [0.25, 0.3) is 11.1 Å². The Balaban J connectivity index is 1.80. The maximum Gasteiger partial charge on any atom is 0.354 e. The molecule has 114 valence electrons. The Bertz CT molecular complexity index is 830. The molecule has 1 heterocycles. The third kappa shape index (κ3) is 3.52. The van der Waals surface area contributed by atoms with E-state index < -0.39 is 5.97 Å². The maximum atomic E-state index is 12.9. The van der Waals surface area contributed by atoms with Gasteiger partial charge < -0.3 is 9.84 Å². The van der Waals surface area contributed by atoms with E-state index in [-0.39, 0.29) is 11.5 Å². The lowest BCUT2D eigenvalue weighted by Gasteiger charge is -2.07. The lowest BCUT2D eigenvalue weighted by Crippen LogP contribution is -1.99. The van der Waals surface area contributed by atoms with Gasteiger partial charge in [0.25, 0.3) is 0 Å². The number of carboxylic acid groups (broad SMARTS) is 1. The Morgan fingerprint density at radius 3 is 2.13 bits per heavy atom. The molecule has 0 amide bonds. The van der Waals surface area contributed by atoms with Gasteiger partial charge in [0.15, 0.2) is 0 Å². The summed E-state index contributed by atoms with van der Waals surface area (Å²) in [5.74, 6) is -0.244. The summed E-state index contributed by atoms with van der Waals surface area (Å²) in [6.45, 7) is 0. The summed E-state index contributed by atoms with van der Waals surface area (Å²) < 4.78 is 18.5. The highest BCUT2D eigenvalue weighted by molar-refractivity contribution is 5.87. The molecule has 0 saturated heterocycles. The van der Waals surface area contributed by atoms with Gasteiger partial charge in [-0.05, 0) is 59.7 Å². The van der Waals surface area contributed by atoms with E-state index in [4.69, 9.17) is 9.84 Å². The van der Waals surface area contributed by atoms with E-state index >= 15 is 0 Å². The van der Waals surface area contributed by atoms with E-state index in [1.54, 1.807) is 30.3 Å². The predicted molar refractivity (Wildman–Crippen MR) is 83.1 cm³/mol. The van der Waals surface area contributed by atoms with Gasteiger partial charge in [-0.2, -0.15) is 0 Å². The van der Waals surface area contributed by atoms with Crippen LogP contribution < -0.4 is 4.74 Å². The number of carbonyl (C=O) groups is 1. The molecule has 0 radical (unpaired) electrons. The fraction of sp³-hybridized carbons (Fsp3) is 0. The quantitative estimate of drug-likeness (QED) is 0.777. The van der Waals surface area contributed by atoms with Crippen LogP contribution in [0.15, 0.2) is 66.9 Å². The van der Waals surface area contributed by atoms with Crippen molar-refractivity contribution < 1.29 is 19.0 Å².